The van der Waals surface area contributed by atoms with Gasteiger partial charge in [-0.3, -0.25) is 4.79 Å². The van der Waals surface area contributed by atoms with Crippen LogP contribution in [-0.2, 0) is 24.3 Å². The van der Waals surface area contributed by atoms with Gasteiger partial charge in [-0.05, 0) is 44.0 Å². The highest BCUT2D eigenvalue weighted by molar-refractivity contribution is 7.89. The number of amides is 1. The van der Waals surface area contributed by atoms with Gasteiger partial charge in [-0.25, -0.2) is 13.2 Å². The van der Waals surface area contributed by atoms with E-state index in [9.17, 15) is 18.0 Å². The predicted octanol–water partition coefficient (Wildman–Crippen LogP) is 1.92. The molecule has 1 aromatic rings. The summed E-state index contributed by atoms with van der Waals surface area (Å²) in [6, 6.07) is 5.98. The Hall–Kier alpha value is -2.19. The molecule has 1 aliphatic heterocycles. The maximum atomic E-state index is 12.5. The van der Waals surface area contributed by atoms with Crippen molar-refractivity contribution in [3.8, 4) is 0 Å². The molecule has 25 heavy (non-hydrogen) atoms. The van der Waals surface area contributed by atoms with E-state index < -0.39 is 21.9 Å². The van der Waals surface area contributed by atoms with Crippen LogP contribution in [0, 0.1) is 0 Å². The van der Waals surface area contributed by atoms with Crippen LogP contribution < -0.4 is 5.32 Å². The van der Waals surface area contributed by atoms with Gasteiger partial charge in [-0.1, -0.05) is 6.42 Å². The minimum absolute atomic E-state index is 0.203. The Labute approximate surface area is 147 Å². The van der Waals surface area contributed by atoms with Gasteiger partial charge in [-0.15, -0.1) is 0 Å². The number of nitrogens with one attached hydrogen (secondary N) is 1. The van der Waals surface area contributed by atoms with Crippen LogP contribution in [0.3, 0.4) is 0 Å². The molecular weight excluding hydrogens is 344 g/mol. The molecule has 0 aliphatic carbocycles. The van der Waals surface area contributed by atoms with Crippen molar-refractivity contribution in [1.29, 1.82) is 0 Å². The Morgan fingerprint density at radius 2 is 1.76 bits per heavy atom. The van der Waals surface area contributed by atoms with Gasteiger partial charge in [-0.2, -0.15) is 4.31 Å². The second-order valence-electron chi connectivity index (χ2n) is 5.56. The predicted molar refractivity (Wildman–Crippen MR) is 93.5 cm³/mol. The van der Waals surface area contributed by atoms with E-state index in [-0.39, 0.29) is 11.5 Å². The van der Waals surface area contributed by atoms with Crippen molar-refractivity contribution in [3.63, 3.8) is 0 Å². The number of esters is 1. The van der Waals surface area contributed by atoms with Crippen LogP contribution in [0.5, 0.6) is 0 Å². The molecular formula is C17H22N2O5S. The minimum Gasteiger partial charge on any atom is -0.463 e. The Morgan fingerprint density at radius 1 is 1.12 bits per heavy atom. The first-order valence-corrected chi connectivity index (χ1v) is 9.63. The van der Waals surface area contributed by atoms with E-state index in [2.05, 4.69) is 10.1 Å². The van der Waals surface area contributed by atoms with E-state index >= 15 is 0 Å². The average Bonchev–Trinajstić information content (AvgIpc) is 2.61. The summed E-state index contributed by atoms with van der Waals surface area (Å²) in [5.41, 5.74) is 0.441. The monoisotopic (exact) mass is 366 g/mol. The van der Waals surface area contributed by atoms with Gasteiger partial charge in [0.05, 0.1) is 11.5 Å². The maximum Gasteiger partial charge on any atom is 0.330 e. The summed E-state index contributed by atoms with van der Waals surface area (Å²) in [6.45, 7) is 2.99. The van der Waals surface area contributed by atoms with Crippen LogP contribution >= 0.6 is 0 Å². The Balaban J connectivity index is 1.99. The molecule has 1 aromatic carbocycles. The minimum atomic E-state index is -3.49. The second-order valence-corrected chi connectivity index (χ2v) is 7.50. The molecule has 1 N–H and O–H groups in total. The number of nitrogens with zero attached hydrogens (tertiary/aromatic N) is 1. The van der Waals surface area contributed by atoms with Crippen LogP contribution in [0.2, 0.25) is 0 Å². The lowest BCUT2D eigenvalue weighted by Gasteiger charge is -2.25. The average molecular weight is 366 g/mol. The molecule has 0 radical (unpaired) electrons. The number of sulfonamides is 1. The van der Waals surface area contributed by atoms with Crippen LogP contribution in [0.4, 0.5) is 5.69 Å². The summed E-state index contributed by atoms with van der Waals surface area (Å²) >= 11 is 0. The van der Waals surface area contributed by atoms with Crippen molar-refractivity contribution >= 4 is 27.6 Å². The molecule has 0 bridgehead atoms. The molecule has 8 heteroatoms. The summed E-state index contributed by atoms with van der Waals surface area (Å²) in [7, 11) is -3.49. The molecule has 0 aromatic heterocycles. The second kappa shape index (κ2) is 8.77. The lowest BCUT2D eigenvalue weighted by Crippen LogP contribution is -2.35. The third-order valence-corrected chi connectivity index (χ3v) is 5.64. The molecule has 136 valence electrons. The standard InChI is InChI=1S/C17H22N2O5S/c1-2-24-17(21)11-10-16(20)18-14-6-8-15(9-7-14)25(22,23)19-12-4-3-5-13-19/h6-11H,2-5,12-13H2,1H3,(H,18,20)/b11-10-. The van der Waals surface area contributed by atoms with Gasteiger partial charge in [0.15, 0.2) is 0 Å². The van der Waals surface area contributed by atoms with E-state index in [4.69, 9.17) is 0 Å². The van der Waals surface area contributed by atoms with Crippen molar-refractivity contribution < 1.29 is 22.7 Å². The number of hydrogen-bond donors (Lipinski definition) is 1. The molecule has 1 fully saturated rings. The molecule has 0 atom stereocenters. The van der Waals surface area contributed by atoms with Crippen molar-refractivity contribution in [1.82, 2.24) is 4.31 Å². The molecule has 0 saturated carbocycles. The smallest absolute Gasteiger partial charge is 0.330 e. The normalized spacial score (nSPS) is 15.9. The topological polar surface area (TPSA) is 92.8 Å². The molecule has 1 aliphatic rings. The van der Waals surface area contributed by atoms with Crippen LogP contribution in [0.1, 0.15) is 26.2 Å². The Morgan fingerprint density at radius 3 is 2.36 bits per heavy atom. The largest absolute Gasteiger partial charge is 0.463 e. The van der Waals surface area contributed by atoms with Crippen molar-refractivity contribution in [2.75, 3.05) is 25.0 Å². The SMILES string of the molecule is CCOC(=O)/C=C\C(=O)Nc1ccc(S(=O)(=O)N2CCCCC2)cc1. The fourth-order valence-corrected chi connectivity index (χ4v) is 4.00. The highest BCUT2D eigenvalue weighted by Gasteiger charge is 2.25. The van der Waals surface area contributed by atoms with E-state index in [1.54, 1.807) is 6.92 Å². The summed E-state index contributed by atoms with van der Waals surface area (Å²) in [6.07, 6.45) is 4.90. The molecule has 1 heterocycles. The molecule has 0 spiro atoms. The number of rotatable bonds is 6. The zero-order valence-corrected chi connectivity index (χ0v) is 14.9. The lowest BCUT2D eigenvalue weighted by molar-refractivity contribution is -0.137. The third-order valence-electron chi connectivity index (χ3n) is 3.73. The molecule has 7 nitrogen and oxygen atoms in total. The molecule has 1 saturated heterocycles. The summed E-state index contributed by atoms with van der Waals surface area (Å²) in [5.74, 6) is -1.10. The fourth-order valence-electron chi connectivity index (χ4n) is 2.48. The Kier molecular flexibility index (Phi) is 6.72. The van der Waals surface area contributed by atoms with Crippen molar-refractivity contribution in [2.45, 2.75) is 31.1 Å². The lowest BCUT2D eigenvalue weighted by atomic mass is 10.2. The third kappa shape index (κ3) is 5.40. The van der Waals surface area contributed by atoms with Gasteiger partial charge in [0.2, 0.25) is 15.9 Å². The van der Waals surface area contributed by atoms with E-state index in [1.807, 2.05) is 0 Å². The number of carbonyl (C=O) groups excluding carboxylic acids is 2. The summed E-state index contributed by atoms with van der Waals surface area (Å²) < 4.78 is 31.2. The van der Waals surface area contributed by atoms with E-state index in [0.717, 1.165) is 31.4 Å². The fraction of sp³-hybridized carbons (Fsp3) is 0.412. The maximum absolute atomic E-state index is 12.5. The quantitative estimate of drug-likeness (QED) is 0.613. The van der Waals surface area contributed by atoms with E-state index in [1.165, 1.54) is 28.6 Å². The Bertz CT molecular complexity index is 735. The zero-order valence-electron chi connectivity index (χ0n) is 14.1. The first kappa shape index (κ1) is 19.1. The van der Waals surface area contributed by atoms with Crippen LogP contribution in [-0.4, -0.2) is 44.3 Å². The molecule has 0 unspecified atom stereocenters. The summed E-state index contributed by atoms with van der Waals surface area (Å²) in [4.78, 5) is 23.1. The van der Waals surface area contributed by atoms with Gasteiger partial charge in [0, 0.05) is 30.9 Å². The van der Waals surface area contributed by atoms with Gasteiger partial charge < -0.3 is 10.1 Å². The summed E-state index contributed by atoms with van der Waals surface area (Å²) in [5, 5.41) is 2.56. The van der Waals surface area contributed by atoms with Crippen LogP contribution in [0.25, 0.3) is 0 Å². The highest BCUT2D eigenvalue weighted by atomic mass is 32.2. The number of piperidine rings is 1. The van der Waals surface area contributed by atoms with Crippen molar-refractivity contribution in [2.24, 2.45) is 0 Å². The van der Waals surface area contributed by atoms with Crippen LogP contribution in [0.15, 0.2) is 41.3 Å². The molecule has 2 rings (SSSR count). The van der Waals surface area contributed by atoms with Crippen molar-refractivity contribution in [3.05, 3.63) is 36.4 Å². The first-order chi connectivity index (χ1) is 11.9. The number of benzene rings is 1. The number of anilines is 1. The van der Waals surface area contributed by atoms with E-state index in [0.29, 0.717) is 18.8 Å². The first-order valence-electron chi connectivity index (χ1n) is 8.19. The zero-order chi connectivity index (χ0) is 18.3. The number of hydrogen-bond acceptors (Lipinski definition) is 5. The van der Waals surface area contributed by atoms with Gasteiger partial charge >= 0.3 is 5.97 Å². The number of carbonyl (C=O) groups is 2. The number of ether oxygens (including phenoxy) is 1. The highest BCUT2D eigenvalue weighted by Crippen LogP contribution is 2.21. The van der Waals surface area contributed by atoms with Gasteiger partial charge in [0.1, 0.15) is 0 Å². The molecule has 1 amide bonds. The van der Waals surface area contributed by atoms with Gasteiger partial charge in [0.25, 0.3) is 0 Å².